The normalized spacial score (nSPS) is 17.5. The molecule has 96 valence electrons. The summed E-state index contributed by atoms with van der Waals surface area (Å²) in [6, 6.07) is 1.16. The maximum absolute atomic E-state index is 4.58. The molecule has 0 bridgehead atoms. The Kier molecular flexibility index (Phi) is 3.72. The highest BCUT2D eigenvalue weighted by Gasteiger charge is 2.26. The molecule has 1 aromatic rings. The minimum Gasteiger partial charge on any atom is -0.353 e. The molecule has 0 aliphatic heterocycles. The highest BCUT2D eigenvalue weighted by Crippen LogP contribution is 2.37. The third-order valence-corrected chi connectivity index (χ3v) is 3.18. The maximum atomic E-state index is 4.58. The Morgan fingerprint density at radius 1 is 1.53 bits per heavy atom. The van der Waals surface area contributed by atoms with Crippen molar-refractivity contribution >= 4 is 5.95 Å². The van der Waals surface area contributed by atoms with E-state index in [-0.39, 0.29) is 0 Å². The fourth-order valence-corrected chi connectivity index (χ4v) is 2.00. The zero-order valence-corrected chi connectivity index (χ0v) is 11.4. The Labute approximate surface area is 104 Å². The van der Waals surface area contributed by atoms with Crippen molar-refractivity contribution in [2.45, 2.75) is 45.2 Å². The molecule has 0 amide bonds. The third kappa shape index (κ3) is 3.46. The second-order valence-electron chi connectivity index (χ2n) is 5.48. The Morgan fingerprint density at radius 2 is 2.24 bits per heavy atom. The predicted molar refractivity (Wildman–Crippen MR) is 71.5 cm³/mol. The topological polar surface area (TPSA) is 33.1 Å². The average Bonchev–Trinajstić information content (AvgIpc) is 3.01. The first kappa shape index (κ1) is 12.4. The van der Waals surface area contributed by atoms with Gasteiger partial charge in [0, 0.05) is 18.3 Å². The lowest BCUT2D eigenvalue weighted by atomic mass is 10.2. The third-order valence-electron chi connectivity index (χ3n) is 3.18. The molecule has 1 aromatic heterocycles. The molecule has 4 heteroatoms. The van der Waals surface area contributed by atoms with Gasteiger partial charge in [0.15, 0.2) is 0 Å². The van der Waals surface area contributed by atoms with Gasteiger partial charge >= 0.3 is 0 Å². The van der Waals surface area contributed by atoms with Gasteiger partial charge in [-0.05, 0) is 53.8 Å². The minimum atomic E-state index is 0.469. The molecule has 0 spiro atoms. The fourth-order valence-electron chi connectivity index (χ4n) is 2.00. The van der Waals surface area contributed by atoms with Gasteiger partial charge in [-0.3, -0.25) is 0 Å². The van der Waals surface area contributed by atoms with E-state index in [9.17, 15) is 0 Å². The van der Waals surface area contributed by atoms with Gasteiger partial charge in [0.25, 0.3) is 0 Å². The summed E-state index contributed by atoms with van der Waals surface area (Å²) in [7, 11) is 4.23. The Bertz CT molecular complexity index is 365. The first-order valence-electron chi connectivity index (χ1n) is 6.53. The van der Waals surface area contributed by atoms with Crippen LogP contribution in [-0.4, -0.2) is 41.1 Å². The zero-order valence-electron chi connectivity index (χ0n) is 11.4. The highest BCUT2D eigenvalue weighted by molar-refractivity contribution is 5.31. The van der Waals surface area contributed by atoms with Crippen LogP contribution in [0.4, 0.5) is 5.95 Å². The Balaban J connectivity index is 1.93. The molecule has 0 aromatic carbocycles. The number of rotatable bonds is 6. The lowest BCUT2D eigenvalue weighted by Gasteiger charge is -2.18. The van der Waals surface area contributed by atoms with Gasteiger partial charge in [-0.1, -0.05) is 0 Å². The summed E-state index contributed by atoms with van der Waals surface area (Å²) in [6.07, 6.45) is 5.91. The van der Waals surface area contributed by atoms with E-state index in [4.69, 9.17) is 0 Å². The van der Waals surface area contributed by atoms with Crippen LogP contribution >= 0.6 is 0 Å². The van der Waals surface area contributed by atoms with E-state index in [0.29, 0.717) is 12.1 Å². The monoisotopic (exact) mass is 236 g/mol. The molecule has 1 saturated carbocycles. The van der Waals surface area contributed by atoms with Gasteiger partial charge in [-0.2, -0.15) is 0 Å². The van der Waals surface area contributed by atoms with Crippen LogP contribution < -0.4 is 5.32 Å². The second-order valence-corrected chi connectivity index (χ2v) is 5.48. The number of aryl methyl sites for hydroxylation is 1. The van der Waals surface area contributed by atoms with Gasteiger partial charge in [0.2, 0.25) is 5.95 Å². The van der Waals surface area contributed by atoms with Crippen molar-refractivity contribution in [2.75, 3.05) is 26.0 Å². The van der Waals surface area contributed by atoms with Crippen molar-refractivity contribution in [3.63, 3.8) is 0 Å². The molecule has 1 unspecified atom stereocenters. The molecule has 1 fully saturated rings. The second kappa shape index (κ2) is 5.08. The van der Waals surface area contributed by atoms with Crippen LogP contribution in [0.1, 0.15) is 37.9 Å². The molecular formula is C13H24N4. The van der Waals surface area contributed by atoms with E-state index in [2.05, 4.69) is 53.9 Å². The highest BCUT2D eigenvalue weighted by atomic mass is 15.2. The number of nitrogens with zero attached hydrogens (tertiary/aromatic N) is 3. The van der Waals surface area contributed by atoms with Gasteiger partial charge in [0.05, 0.1) is 5.69 Å². The molecular weight excluding hydrogens is 212 g/mol. The Hall–Kier alpha value is -1.03. The number of anilines is 1. The quantitative estimate of drug-likeness (QED) is 0.822. The van der Waals surface area contributed by atoms with Crippen molar-refractivity contribution in [1.82, 2.24) is 14.5 Å². The van der Waals surface area contributed by atoms with Gasteiger partial charge in [-0.25, -0.2) is 4.98 Å². The van der Waals surface area contributed by atoms with Crippen LogP contribution in [0.5, 0.6) is 0 Å². The van der Waals surface area contributed by atoms with E-state index in [1.807, 2.05) is 0 Å². The number of hydrogen-bond donors (Lipinski definition) is 1. The van der Waals surface area contributed by atoms with Crippen LogP contribution in [0.3, 0.4) is 0 Å². The smallest absolute Gasteiger partial charge is 0.203 e. The molecule has 0 saturated heterocycles. The van der Waals surface area contributed by atoms with Crippen LogP contribution in [0, 0.1) is 6.92 Å². The summed E-state index contributed by atoms with van der Waals surface area (Å²) in [5, 5.41) is 3.53. The van der Waals surface area contributed by atoms with Gasteiger partial charge < -0.3 is 14.8 Å². The van der Waals surface area contributed by atoms with E-state index < -0.39 is 0 Å². The van der Waals surface area contributed by atoms with Gasteiger partial charge in [-0.15, -0.1) is 0 Å². The molecule has 1 aliphatic carbocycles. The summed E-state index contributed by atoms with van der Waals surface area (Å²) in [5.74, 6) is 1.05. The number of nitrogens with one attached hydrogen (secondary N) is 1. The largest absolute Gasteiger partial charge is 0.353 e. The average molecular weight is 236 g/mol. The first-order chi connectivity index (χ1) is 8.06. The molecule has 4 nitrogen and oxygen atoms in total. The molecule has 1 N–H and O–H groups in total. The van der Waals surface area contributed by atoms with Crippen LogP contribution in [0.15, 0.2) is 6.20 Å². The minimum absolute atomic E-state index is 0.469. The van der Waals surface area contributed by atoms with Crippen LogP contribution in [0.25, 0.3) is 0 Å². The van der Waals surface area contributed by atoms with Crippen LogP contribution in [-0.2, 0) is 0 Å². The van der Waals surface area contributed by atoms with Crippen molar-refractivity contribution in [3.05, 3.63) is 11.9 Å². The molecule has 0 radical (unpaired) electrons. The summed E-state index contributed by atoms with van der Waals surface area (Å²) >= 11 is 0. The number of hydrogen-bond acceptors (Lipinski definition) is 3. The lowest BCUT2D eigenvalue weighted by molar-refractivity contribution is 0.390. The summed E-state index contributed by atoms with van der Waals surface area (Å²) in [6.45, 7) is 5.40. The standard InChI is InChI=1S/C13H24N4/c1-10(7-8-16(3)4)14-13-15-11(2)9-17(13)12-5-6-12/h9-10,12H,5-8H2,1-4H3,(H,14,15). The lowest BCUT2D eigenvalue weighted by Crippen LogP contribution is -2.24. The van der Waals surface area contributed by atoms with Crippen molar-refractivity contribution < 1.29 is 0 Å². The van der Waals surface area contributed by atoms with E-state index in [0.717, 1.165) is 24.6 Å². The van der Waals surface area contributed by atoms with Gasteiger partial charge in [0.1, 0.15) is 0 Å². The predicted octanol–water partition coefficient (Wildman–Crippen LogP) is 2.28. The summed E-state index contributed by atoms with van der Waals surface area (Å²) in [4.78, 5) is 6.80. The van der Waals surface area contributed by atoms with E-state index in [1.54, 1.807) is 0 Å². The fraction of sp³-hybridized carbons (Fsp3) is 0.769. The molecule has 1 aliphatic rings. The molecule has 1 atom stereocenters. The summed E-state index contributed by atoms with van der Waals surface area (Å²) in [5.41, 5.74) is 1.11. The molecule has 2 rings (SSSR count). The zero-order chi connectivity index (χ0) is 12.4. The maximum Gasteiger partial charge on any atom is 0.203 e. The first-order valence-corrected chi connectivity index (χ1v) is 6.53. The van der Waals surface area contributed by atoms with Crippen LogP contribution in [0.2, 0.25) is 0 Å². The SMILES string of the molecule is Cc1cn(C2CC2)c(NC(C)CCN(C)C)n1. The molecule has 17 heavy (non-hydrogen) atoms. The van der Waals surface area contributed by atoms with E-state index >= 15 is 0 Å². The van der Waals surface area contributed by atoms with Crippen molar-refractivity contribution in [1.29, 1.82) is 0 Å². The van der Waals surface area contributed by atoms with Crippen molar-refractivity contribution in [2.24, 2.45) is 0 Å². The molecule has 1 heterocycles. The van der Waals surface area contributed by atoms with E-state index in [1.165, 1.54) is 12.8 Å². The number of aromatic nitrogens is 2. The van der Waals surface area contributed by atoms with Crippen molar-refractivity contribution in [3.8, 4) is 0 Å². The Morgan fingerprint density at radius 3 is 2.82 bits per heavy atom. The summed E-state index contributed by atoms with van der Waals surface area (Å²) < 4.78 is 2.31. The number of imidazole rings is 1.